The van der Waals surface area contributed by atoms with Gasteiger partial charge in [-0.25, -0.2) is 13.8 Å². The van der Waals surface area contributed by atoms with E-state index in [1.165, 1.54) is 22.5 Å². The quantitative estimate of drug-likeness (QED) is 0.263. The summed E-state index contributed by atoms with van der Waals surface area (Å²) in [6, 6.07) is 5.42. The van der Waals surface area contributed by atoms with Gasteiger partial charge < -0.3 is 16.1 Å². The molecule has 200 valence electrons. The highest BCUT2D eigenvalue weighted by atomic mass is 35.5. The third-order valence-corrected chi connectivity index (χ3v) is 7.82. The van der Waals surface area contributed by atoms with Gasteiger partial charge in [-0.15, -0.1) is 16.9 Å². The molecule has 0 unspecified atom stereocenters. The number of hydrazine groups is 2. The number of pyridine rings is 1. The summed E-state index contributed by atoms with van der Waals surface area (Å²) in [5.74, 6) is 0. The number of hydrogen-bond donors (Lipinski definition) is 4. The first-order valence-electron chi connectivity index (χ1n) is 12.3. The Hall–Kier alpha value is -3.20. The number of halogens is 3. The lowest BCUT2D eigenvalue weighted by Crippen LogP contribution is -2.48. The summed E-state index contributed by atoms with van der Waals surface area (Å²) in [6.45, 7) is 8.93. The lowest BCUT2D eigenvalue weighted by atomic mass is 9.96. The second-order valence-electron chi connectivity index (χ2n) is 10.9. The van der Waals surface area contributed by atoms with Crippen molar-refractivity contribution in [2.75, 3.05) is 17.2 Å². The molecule has 1 aliphatic carbocycles. The van der Waals surface area contributed by atoms with E-state index in [1.807, 2.05) is 13.0 Å². The highest BCUT2D eigenvalue weighted by Crippen LogP contribution is 2.47. The Balaban J connectivity index is 1.55. The zero-order valence-corrected chi connectivity index (χ0v) is 23.1. The Bertz CT molecular complexity index is 1440. The summed E-state index contributed by atoms with van der Waals surface area (Å²) in [4.78, 5) is 9.99. The van der Waals surface area contributed by atoms with E-state index in [2.05, 4.69) is 58.4 Å². The van der Waals surface area contributed by atoms with Gasteiger partial charge in [-0.3, -0.25) is 9.99 Å². The van der Waals surface area contributed by atoms with Crippen LogP contribution < -0.4 is 21.6 Å². The molecule has 5 rings (SSSR count). The SMILES string of the molecule is Cc1scnc1[C@H](Nc1cc(Cl)c2ncc(C#N)c(NCC(C)(C)C)c2c1)C1=CN(C2(C(F)F)CC2)NN1. The highest BCUT2D eigenvalue weighted by molar-refractivity contribution is 7.09. The Labute approximate surface area is 229 Å². The Kier molecular flexibility index (Phi) is 6.84. The van der Waals surface area contributed by atoms with Gasteiger partial charge in [0, 0.05) is 34.9 Å². The lowest BCUT2D eigenvalue weighted by molar-refractivity contribution is 0.00911. The van der Waals surface area contributed by atoms with Crippen LogP contribution in [0.2, 0.25) is 5.02 Å². The van der Waals surface area contributed by atoms with Crippen LogP contribution in [-0.4, -0.2) is 33.5 Å². The second kappa shape index (κ2) is 9.84. The lowest BCUT2D eigenvalue weighted by Gasteiger charge is -2.25. The van der Waals surface area contributed by atoms with Gasteiger partial charge in [0.05, 0.1) is 38.7 Å². The molecular weight excluding hydrogens is 530 g/mol. The van der Waals surface area contributed by atoms with Crippen molar-refractivity contribution >= 4 is 45.2 Å². The van der Waals surface area contributed by atoms with Crippen molar-refractivity contribution in [3.63, 3.8) is 0 Å². The number of nitrogens with one attached hydrogen (secondary N) is 4. The van der Waals surface area contributed by atoms with E-state index in [1.54, 1.807) is 17.8 Å². The normalized spacial score (nSPS) is 17.2. The molecule has 12 heteroatoms. The first-order valence-corrected chi connectivity index (χ1v) is 13.5. The number of aryl methyl sites for hydroxylation is 1. The maximum Gasteiger partial charge on any atom is 0.262 e. The van der Waals surface area contributed by atoms with Crippen LogP contribution in [-0.2, 0) is 0 Å². The Morgan fingerprint density at radius 3 is 2.66 bits per heavy atom. The summed E-state index contributed by atoms with van der Waals surface area (Å²) in [6.07, 6.45) is 1.56. The molecule has 1 saturated carbocycles. The predicted octanol–water partition coefficient (Wildman–Crippen LogP) is 6.10. The van der Waals surface area contributed by atoms with Crippen molar-refractivity contribution in [1.82, 2.24) is 25.9 Å². The number of aromatic nitrogens is 2. The van der Waals surface area contributed by atoms with Crippen LogP contribution in [0.15, 0.2) is 35.7 Å². The van der Waals surface area contributed by atoms with Crippen LogP contribution in [0.3, 0.4) is 0 Å². The second-order valence-corrected chi connectivity index (χ2v) is 12.4. The minimum absolute atomic E-state index is 0.0220. The standard InChI is InChI=1S/C26H29ClF2N8S/c1-14-20(33-13-38-14)23(19-11-37(36-35-19)26(5-6-26)24(28)29)34-16-7-17-21(32-12-25(2,3)4)15(9-30)10-31-22(17)18(27)8-16/h7-8,10-11,13,23-24,34-36H,5-6,12H2,1-4H3,(H,31,32)/t23-/m1/s1. The number of hydrogen-bond acceptors (Lipinski definition) is 9. The summed E-state index contributed by atoms with van der Waals surface area (Å²) in [5, 5.41) is 19.3. The molecule has 2 aliphatic rings. The fraction of sp³-hybridized carbons (Fsp3) is 0.423. The van der Waals surface area contributed by atoms with Gasteiger partial charge in [0.2, 0.25) is 0 Å². The Morgan fingerprint density at radius 2 is 2.05 bits per heavy atom. The third-order valence-electron chi connectivity index (χ3n) is 6.76. The fourth-order valence-corrected chi connectivity index (χ4v) is 5.31. The molecule has 1 atom stereocenters. The van der Waals surface area contributed by atoms with E-state index in [9.17, 15) is 14.0 Å². The molecule has 8 nitrogen and oxygen atoms in total. The van der Waals surface area contributed by atoms with Crippen molar-refractivity contribution in [2.24, 2.45) is 5.41 Å². The van der Waals surface area contributed by atoms with E-state index in [-0.39, 0.29) is 5.41 Å². The van der Waals surface area contributed by atoms with Gasteiger partial charge >= 0.3 is 0 Å². The fourth-order valence-electron chi connectivity index (χ4n) is 4.43. The van der Waals surface area contributed by atoms with Crippen molar-refractivity contribution in [3.8, 4) is 6.07 Å². The number of nitriles is 1. The molecule has 0 saturated heterocycles. The first kappa shape index (κ1) is 26.4. The van der Waals surface area contributed by atoms with Gasteiger partial charge in [-0.05, 0) is 37.3 Å². The first-order chi connectivity index (χ1) is 18.0. The molecule has 4 N–H and O–H groups in total. The molecule has 0 bridgehead atoms. The molecule has 38 heavy (non-hydrogen) atoms. The minimum Gasteiger partial charge on any atom is -0.383 e. The molecule has 3 heterocycles. The van der Waals surface area contributed by atoms with Crippen LogP contribution in [0.4, 0.5) is 20.2 Å². The molecule has 0 spiro atoms. The zero-order chi connectivity index (χ0) is 27.2. The van der Waals surface area contributed by atoms with Gasteiger partial charge in [0.1, 0.15) is 17.6 Å². The highest BCUT2D eigenvalue weighted by Gasteiger charge is 2.56. The Morgan fingerprint density at radius 1 is 1.29 bits per heavy atom. The zero-order valence-electron chi connectivity index (χ0n) is 21.5. The monoisotopic (exact) mass is 558 g/mol. The van der Waals surface area contributed by atoms with E-state index >= 15 is 0 Å². The average molecular weight is 559 g/mol. The van der Waals surface area contributed by atoms with Gasteiger partial charge in [0.15, 0.2) is 0 Å². The number of alkyl halides is 2. The molecule has 1 aliphatic heterocycles. The van der Waals surface area contributed by atoms with Gasteiger partial charge in [0.25, 0.3) is 6.43 Å². The molecule has 0 amide bonds. The van der Waals surface area contributed by atoms with Gasteiger partial charge in [-0.1, -0.05) is 32.4 Å². The number of benzene rings is 1. The van der Waals surface area contributed by atoms with Gasteiger partial charge in [-0.2, -0.15) is 5.26 Å². The molecular formula is C26H29ClF2N8S. The summed E-state index contributed by atoms with van der Waals surface area (Å²) < 4.78 is 27.5. The van der Waals surface area contributed by atoms with Crippen LogP contribution in [0.5, 0.6) is 0 Å². The van der Waals surface area contributed by atoms with E-state index in [0.717, 1.165) is 10.6 Å². The largest absolute Gasteiger partial charge is 0.383 e. The van der Waals surface area contributed by atoms with E-state index in [4.69, 9.17) is 11.6 Å². The molecule has 2 aromatic heterocycles. The number of anilines is 2. The number of nitrogens with zero attached hydrogens (tertiary/aromatic N) is 4. The van der Waals surface area contributed by atoms with Crippen LogP contribution >= 0.6 is 22.9 Å². The van der Waals surface area contributed by atoms with Crippen molar-refractivity contribution in [2.45, 2.75) is 58.5 Å². The topological polar surface area (TPSA) is 101 Å². The molecule has 0 radical (unpaired) electrons. The molecule has 1 aromatic carbocycles. The predicted molar refractivity (Wildman–Crippen MR) is 147 cm³/mol. The third kappa shape index (κ3) is 4.96. The van der Waals surface area contributed by atoms with Crippen LogP contribution in [0, 0.1) is 23.7 Å². The number of rotatable bonds is 8. The maximum atomic E-state index is 13.8. The summed E-state index contributed by atoms with van der Waals surface area (Å²) in [5.41, 5.74) is 10.3. The van der Waals surface area contributed by atoms with Crippen molar-refractivity contribution in [3.05, 3.63) is 56.9 Å². The molecule has 1 fully saturated rings. The average Bonchev–Trinajstić information content (AvgIpc) is 3.33. The van der Waals surface area contributed by atoms with Crippen LogP contribution in [0.1, 0.15) is 55.8 Å². The smallest absolute Gasteiger partial charge is 0.262 e. The minimum atomic E-state index is -2.47. The maximum absolute atomic E-state index is 13.8. The van der Waals surface area contributed by atoms with Crippen LogP contribution in [0.25, 0.3) is 10.9 Å². The number of thiazole rings is 1. The number of fused-ring (bicyclic) bond motifs is 1. The van der Waals surface area contributed by atoms with E-state index in [0.29, 0.717) is 57.9 Å². The summed E-state index contributed by atoms with van der Waals surface area (Å²) >= 11 is 8.19. The summed E-state index contributed by atoms with van der Waals surface area (Å²) in [7, 11) is 0. The molecule has 3 aromatic rings. The van der Waals surface area contributed by atoms with E-state index < -0.39 is 18.0 Å². The van der Waals surface area contributed by atoms with Crippen molar-refractivity contribution in [1.29, 1.82) is 5.26 Å². The van der Waals surface area contributed by atoms with Crippen molar-refractivity contribution < 1.29 is 8.78 Å².